The fraction of sp³-hybridized carbons (Fsp3) is 0.333. The van der Waals surface area contributed by atoms with E-state index < -0.39 is 7.82 Å². The van der Waals surface area contributed by atoms with Crippen LogP contribution in [-0.4, -0.2) is 13.7 Å². The first-order valence-corrected chi connectivity index (χ1v) is 7.45. The highest BCUT2D eigenvalue weighted by Gasteiger charge is 2.28. The standard InChI is InChI=1S/C9H11Cl3NO4P/c1-3-15-18(14,17-13-2)16-6-4-7(10)9(12)8(11)5-6/h4-5,13H,3H2,1-2H3. The predicted octanol–water partition coefficient (Wildman–Crippen LogP) is 4.32. The minimum atomic E-state index is -3.77. The van der Waals surface area contributed by atoms with Gasteiger partial charge < -0.3 is 4.52 Å². The lowest BCUT2D eigenvalue weighted by molar-refractivity contribution is 0.118. The summed E-state index contributed by atoms with van der Waals surface area (Å²) < 4.78 is 26.8. The van der Waals surface area contributed by atoms with Gasteiger partial charge in [-0.3, -0.25) is 4.52 Å². The lowest BCUT2D eigenvalue weighted by Crippen LogP contribution is -2.11. The van der Waals surface area contributed by atoms with Crippen molar-refractivity contribution in [3.8, 4) is 5.75 Å². The van der Waals surface area contributed by atoms with E-state index in [-0.39, 0.29) is 27.4 Å². The topological polar surface area (TPSA) is 56.8 Å². The number of rotatable bonds is 6. The molecular weight excluding hydrogens is 323 g/mol. The molecule has 0 heterocycles. The van der Waals surface area contributed by atoms with Crippen LogP contribution in [0.1, 0.15) is 6.92 Å². The predicted molar refractivity (Wildman–Crippen MR) is 71.5 cm³/mol. The molecule has 0 aromatic heterocycles. The van der Waals surface area contributed by atoms with E-state index in [9.17, 15) is 4.57 Å². The lowest BCUT2D eigenvalue weighted by Gasteiger charge is -2.17. The number of phosphoric acid groups is 1. The summed E-state index contributed by atoms with van der Waals surface area (Å²) in [5.41, 5.74) is 2.25. The molecule has 1 N–H and O–H groups in total. The summed E-state index contributed by atoms with van der Waals surface area (Å²) in [5.74, 6) is 0.126. The Bertz CT molecular complexity index is 438. The normalized spacial score (nSPS) is 14.3. The van der Waals surface area contributed by atoms with Crippen LogP contribution in [0.2, 0.25) is 15.1 Å². The van der Waals surface area contributed by atoms with Crippen LogP contribution >= 0.6 is 42.6 Å². The zero-order chi connectivity index (χ0) is 13.8. The van der Waals surface area contributed by atoms with Gasteiger partial charge in [-0.25, -0.2) is 4.57 Å². The van der Waals surface area contributed by atoms with E-state index in [1.54, 1.807) is 6.92 Å². The van der Waals surface area contributed by atoms with Crippen molar-refractivity contribution < 1.29 is 18.2 Å². The van der Waals surface area contributed by atoms with Gasteiger partial charge in [-0.2, -0.15) is 10.1 Å². The molecule has 1 atom stereocenters. The monoisotopic (exact) mass is 333 g/mol. The van der Waals surface area contributed by atoms with Gasteiger partial charge in [-0.05, 0) is 6.92 Å². The first-order valence-electron chi connectivity index (χ1n) is 4.86. The summed E-state index contributed by atoms with van der Waals surface area (Å²) in [7, 11) is -2.34. The number of hydroxylamine groups is 1. The van der Waals surface area contributed by atoms with E-state index in [0.717, 1.165) is 0 Å². The van der Waals surface area contributed by atoms with E-state index in [4.69, 9.17) is 48.5 Å². The van der Waals surface area contributed by atoms with Crippen LogP contribution in [0.25, 0.3) is 0 Å². The smallest absolute Gasteiger partial charge is 0.403 e. The third kappa shape index (κ3) is 4.28. The van der Waals surface area contributed by atoms with Crippen molar-refractivity contribution in [2.45, 2.75) is 6.92 Å². The Kier molecular flexibility index (Phi) is 6.21. The lowest BCUT2D eigenvalue weighted by atomic mass is 10.3. The number of halogens is 3. The third-order valence-electron chi connectivity index (χ3n) is 1.66. The van der Waals surface area contributed by atoms with Gasteiger partial charge in [-0.1, -0.05) is 34.8 Å². The molecule has 0 aliphatic carbocycles. The maximum absolute atomic E-state index is 12.0. The van der Waals surface area contributed by atoms with Gasteiger partial charge in [-0.15, -0.1) is 0 Å². The second-order valence-corrected chi connectivity index (χ2v) is 5.66. The van der Waals surface area contributed by atoms with E-state index in [1.807, 2.05) is 0 Å². The summed E-state index contributed by atoms with van der Waals surface area (Å²) in [4.78, 5) is 0. The zero-order valence-electron chi connectivity index (χ0n) is 9.58. The molecular formula is C9H11Cl3NO4P. The summed E-state index contributed by atoms with van der Waals surface area (Å²) in [6.45, 7) is 1.80. The zero-order valence-corrected chi connectivity index (χ0v) is 12.7. The molecule has 9 heteroatoms. The van der Waals surface area contributed by atoms with Crippen molar-refractivity contribution in [3.05, 3.63) is 27.2 Å². The molecule has 1 rings (SSSR count). The Morgan fingerprint density at radius 2 is 1.83 bits per heavy atom. The summed E-state index contributed by atoms with van der Waals surface area (Å²) in [6, 6.07) is 2.72. The Morgan fingerprint density at radius 1 is 1.28 bits per heavy atom. The average molecular weight is 335 g/mol. The molecule has 0 spiro atoms. The summed E-state index contributed by atoms with van der Waals surface area (Å²) in [5, 5.41) is 0.532. The number of hydrogen-bond acceptors (Lipinski definition) is 5. The van der Waals surface area contributed by atoms with Gasteiger partial charge in [0.25, 0.3) is 0 Å². The van der Waals surface area contributed by atoms with E-state index in [0.29, 0.717) is 0 Å². The minimum absolute atomic E-state index is 0.126. The summed E-state index contributed by atoms with van der Waals surface area (Å²) in [6.07, 6.45) is 0. The van der Waals surface area contributed by atoms with Crippen molar-refractivity contribution in [3.63, 3.8) is 0 Å². The molecule has 0 amide bonds. The largest absolute Gasteiger partial charge is 0.546 e. The van der Waals surface area contributed by atoms with Crippen LogP contribution in [0.5, 0.6) is 5.75 Å². The Balaban J connectivity index is 2.98. The third-order valence-corrected chi connectivity index (χ3v) is 4.28. The van der Waals surface area contributed by atoms with Crippen molar-refractivity contribution in [1.29, 1.82) is 0 Å². The second-order valence-electron chi connectivity index (χ2n) is 2.95. The Labute approximate surface area is 120 Å². The highest BCUT2D eigenvalue weighted by molar-refractivity contribution is 7.48. The average Bonchev–Trinajstić information content (AvgIpc) is 2.26. The molecule has 1 unspecified atom stereocenters. The molecule has 0 saturated heterocycles. The molecule has 1 aromatic carbocycles. The van der Waals surface area contributed by atoms with E-state index >= 15 is 0 Å². The molecule has 0 saturated carbocycles. The van der Waals surface area contributed by atoms with E-state index in [1.165, 1.54) is 19.2 Å². The van der Waals surface area contributed by atoms with Crippen molar-refractivity contribution in [1.82, 2.24) is 5.48 Å². The van der Waals surface area contributed by atoms with Gasteiger partial charge >= 0.3 is 7.82 Å². The van der Waals surface area contributed by atoms with Crippen LogP contribution in [0.15, 0.2) is 12.1 Å². The van der Waals surface area contributed by atoms with Gasteiger partial charge in [0.15, 0.2) is 0 Å². The van der Waals surface area contributed by atoms with Crippen molar-refractivity contribution in [2.75, 3.05) is 13.7 Å². The maximum atomic E-state index is 12.0. The van der Waals surface area contributed by atoms with Crippen molar-refractivity contribution in [2.24, 2.45) is 0 Å². The molecule has 102 valence electrons. The first-order chi connectivity index (χ1) is 8.41. The van der Waals surface area contributed by atoms with Crippen LogP contribution < -0.4 is 10.0 Å². The maximum Gasteiger partial charge on any atom is 0.546 e. The SMILES string of the molecule is CCOP(=O)(ONC)Oc1cc(Cl)c(Cl)c(Cl)c1. The van der Waals surface area contributed by atoms with Crippen LogP contribution in [-0.2, 0) is 13.7 Å². The van der Waals surface area contributed by atoms with Crippen molar-refractivity contribution >= 4 is 42.6 Å². The van der Waals surface area contributed by atoms with Gasteiger partial charge in [0, 0.05) is 19.2 Å². The molecule has 0 bridgehead atoms. The molecule has 0 aliphatic rings. The number of phosphoric ester groups is 1. The Morgan fingerprint density at radius 3 is 2.28 bits per heavy atom. The quantitative estimate of drug-likeness (QED) is 0.477. The fourth-order valence-corrected chi connectivity index (χ4v) is 2.68. The van der Waals surface area contributed by atoms with Gasteiger partial charge in [0.1, 0.15) is 5.75 Å². The van der Waals surface area contributed by atoms with E-state index in [2.05, 4.69) is 5.48 Å². The highest BCUT2D eigenvalue weighted by Crippen LogP contribution is 2.49. The highest BCUT2D eigenvalue weighted by atomic mass is 35.5. The molecule has 18 heavy (non-hydrogen) atoms. The number of nitrogens with one attached hydrogen (secondary N) is 1. The first kappa shape index (κ1) is 16.1. The number of hydrogen-bond donors (Lipinski definition) is 1. The van der Waals surface area contributed by atoms with Crippen LogP contribution in [0.3, 0.4) is 0 Å². The molecule has 0 fully saturated rings. The Hall–Kier alpha value is -0.000000000000000111. The van der Waals surface area contributed by atoms with Crippen LogP contribution in [0, 0.1) is 0 Å². The second kappa shape index (κ2) is 6.96. The molecule has 0 aliphatic heterocycles. The molecule has 0 radical (unpaired) electrons. The van der Waals surface area contributed by atoms with Gasteiger partial charge in [0.05, 0.1) is 21.7 Å². The minimum Gasteiger partial charge on any atom is -0.403 e. The number of benzene rings is 1. The van der Waals surface area contributed by atoms with Gasteiger partial charge in [0.2, 0.25) is 0 Å². The molecule has 1 aromatic rings. The molecule has 5 nitrogen and oxygen atoms in total. The van der Waals surface area contributed by atoms with Crippen LogP contribution in [0.4, 0.5) is 0 Å². The fourth-order valence-electron chi connectivity index (χ4n) is 1.06. The summed E-state index contributed by atoms with van der Waals surface area (Å²) >= 11 is 17.4.